The van der Waals surface area contributed by atoms with Crippen LogP contribution in [0.5, 0.6) is 5.75 Å². The second kappa shape index (κ2) is 9.04. The van der Waals surface area contributed by atoms with E-state index in [1.807, 2.05) is 68.4 Å². The summed E-state index contributed by atoms with van der Waals surface area (Å²) in [6, 6.07) is 17.3. The molecule has 0 atom stereocenters. The Morgan fingerprint density at radius 2 is 1.93 bits per heavy atom. The minimum atomic E-state index is -0.349. The summed E-state index contributed by atoms with van der Waals surface area (Å²) in [5, 5.41) is 0. The van der Waals surface area contributed by atoms with Gasteiger partial charge in [0.2, 0.25) is 5.89 Å². The van der Waals surface area contributed by atoms with Crippen molar-refractivity contribution in [3.63, 3.8) is 0 Å². The van der Waals surface area contributed by atoms with Crippen LogP contribution >= 0.6 is 0 Å². The van der Waals surface area contributed by atoms with Gasteiger partial charge in [0.1, 0.15) is 23.8 Å². The largest absolute Gasteiger partial charge is 0.487 e. The van der Waals surface area contributed by atoms with Crippen molar-refractivity contribution >= 4 is 11.5 Å². The van der Waals surface area contributed by atoms with E-state index in [0.717, 1.165) is 28.2 Å². The number of ether oxygens (including phenoxy) is 2. The lowest BCUT2D eigenvalue weighted by molar-refractivity contribution is -0.137. The molecule has 0 bridgehead atoms. The number of carbonyl (C=O) groups excluding carboxylic acids is 1. The number of carbonyl (C=O) groups is 1. The smallest absolute Gasteiger partial charge is 0.331 e. The molecule has 0 fully saturated rings. The van der Waals surface area contributed by atoms with Crippen LogP contribution in [0.25, 0.3) is 17.0 Å². The molecule has 0 N–H and O–H groups in total. The quantitative estimate of drug-likeness (QED) is 0.418. The fourth-order valence-corrected chi connectivity index (χ4v) is 2.69. The highest BCUT2D eigenvalue weighted by molar-refractivity contribution is 5.91. The standard InChI is InChI=1S/C23H23NO4/c1-4-26-22(25)13-16(2)19-11-8-12-20(14-19)27-15-21-17(3)28-23(24-21)18-9-6-5-7-10-18/h5-14H,4,15H2,1-3H3/b16-13+. The Morgan fingerprint density at radius 1 is 1.14 bits per heavy atom. The van der Waals surface area contributed by atoms with Crippen LogP contribution in [-0.4, -0.2) is 17.6 Å². The SMILES string of the molecule is CCOC(=O)/C=C(\C)c1cccc(OCc2nc(-c3ccccc3)oc2C)c1. The van der Waals surface area contributed by atoms with E-state index >= 15 is 0 Å². The fraction of sp³-hybridized carbons (Fsp3) is 0.217. The molecule has 0 saturated heterocycles. The van der Waals surface area contributed by atoms with Crippen LogP contribution in [0.2, 0.25) is 0 Å². The first-order chi connectivity index (χ1) is 13.6. The Hall–Kier alpha value is -3.34. The van der Waals surface area contributed by atoms with Gasteiger partial charge in [-0.15, -0.1) is 0 Å². The van der Waals surface area contributed by atoms with Crippen molar-refractivity contribution in [3.8, 4) is 17.2 Å². The van der Waals surface area contributed by atoms with E-state index in [1.54, 1.807) is 6.92 Å². The van der Waals surface area contributed by atoms with Gasteiger partial charge >= 0.3 is 5.97 Å². The highest BCUT2D eigenvalue weighted by Crippen LogP contribution is 2.24. The Balaban J connectivity index is 1.70. The zero-order valence-corrected chi connectivity index (χ0v) is 16.3. The number of esters is 1. The van der Waals surface area contributed by atoms with Gasteiger partial charge in [-0.3, -0.25) is 0 Å². The molecule has 0 amide bonds. The minimum absolute atomic E-state index is 0.298. The number of rotatable bonds is 7. The number of nitrogens with zero attached hydrogens (tertiary/aromatic N) is 1. The van der Waals surface area contributed by atoms with E-state index in [2.05, 4.69) is 4.98 Å². The lowest BCUT2D eigenvalue weighted by Crippen LogP contribution is -2.00. The molecular formula is C23H23NO4. The fourth-order valence-electron chi connectivity index (χ4n) is 2.69. The van der Waals surface area contributed by atoms with Gasteiger partial charge in [-0.1, -0.05) is 30.3 Å². The Kier molecular flexibility index (Phi) is 6.27. The summed E-state index contributed by atoms with van der Waals surface area (Å²) >= 11 is 0. The third kappa shape index (κ3) is 4.88. The molecule has 0 radical (unpaired) electrons. The van der Waals surface area contributed by atoms with Crippen molar-refractivity contribution in [1.29, 1.82) is 0 Å². The first-order valence-electron chi connectivity index (χ1n) is 9.17. The summed E-state index contributed by atoms with van der Waals surface area (Å²) < 4.78 is 16.6. The van der Waals surface area contributed by atoms with Gasteiger partial charge < -0.3 is 13.9 Å². The van der Waals surface area contributed by atoms with E-state index in [1.165, 1.54) is 6.08 Å². The summed E-state index contributed by atoms with van der Waals surface area (Å²) in [5.74, 6) is 1.66. The molecule has 2 aromatic carbocycles. The lowest BCUT2D eigenvalue weighted by Gasteiger charge is -2.07. The van der Waals surface area contributed by atoms with Crippen LogP contribution in [0, 0.1) is 6.92 Å². The predicted octanol–water partition coefficient (Wildman–Crippen LogP) is 5.20. The van der Waals surface area contributed by atoms with Crippen molar-refractivity contribution in [2.75, 3.05) is 6.61 Å². The van der Waals surface area contributed by atoms with Crippen molar-refractivity contribution in [2.45, 2.75) is 27.4 Å². The molecule has 1 heterocycles. The molecule has 3 aromatic rings. The molecule has 0 aliphatic heterocycles. The minimum Gasteiger partial charge on any atom is -0.487 e. The normalized spacial score (nSPS) is 11.3. The van der Waals surface area contributed by atoms with Crippen molar-refractivity contribution < 1.29 is 18.7 Å². The van der Waals surface area contributed by atoms with Gasteiger partial charge in [-0.25, -0.2) is 9.78 Å². The number of hydrogen-bond donors (Lipinski definition) is 0. The van der Waals surface area contributed by atoms with Crippen LogP contribution in [0.1, 0.15) is 30.9 Å². The second-order valence-electron chi connectivity index (χ2n) is 6.28. The molecule has 5 nitrogen and oxygen atoms in total. The second-order valence-corrected chi connectivity index (χ2v) is 6.28. The summed E-state index contributed by atoms with van der Waals surface area (Å²) in [6.45, 7) is 6.18. The zero-order chi connectivity index (χ0) is 19.9. The van der Waals surface area contributed by atoms with Crippen molar-refractivity contribution in [2.24, 2.45) is 0 Å². The van der Waals surface area contributed by atoms with Crippen molar-refractivity contribution in [3.05, 3.63) is 77.7 Å². The number of aromatic nitrogens is 1. The van der Waals surface area contributed by atoms with Gasteiger partial charge in [-0.05, 0) is 56.2 Å². The Morgan fingerprint density at radius 3 is 2.68 bits per heavy atom. The maximum absolute atomic E-state index is 11.6. The van der Waals surface area contributed by atoms with E-state index in [-0.39, 0.29) is 5.97 Å². The maximum Gasteiger partial charge on any atom is 0.331 e. The molecule has 3 rings (SSSR count). The molecule has 0 aliphatic rings. The molecular weight excluding hydrogens is 354 g/mol. The van der Waals surface area contributed by atoms with Crippen LogP contribution in [0.3, 0.4) is 0 Å². The first-order valence-corrected chi connectivity index (χ1v) is 9.17. The highest BCUT2D eigenvalue weighted by atomic mass is 16.5. The van der Waals surface area contributed by atoms with Crippen LogP contribution in [0.15, 0.2) is 65.1 Å². The average Bonchev–Trinajstić information content (AvgIpc) is 3.08. The van der Waals surface area contributed by atoms with Gasteiger partial charge in [0.15, 0.2) is 0 Å². The molecule has 0 aliphatic carbocycles. The van der Waals surface area contributed by atoms with E-state index in [0.29, 0.717) is 24.9 Å². The maximum atomic E-state index is 11.6. The van der Waals surface area contributed by atoms with Gasteiger partial charge in [-0.2, -0.15) is 0 Å². The Bertz CT molecular complexity index is 973. The van der Waals surface area contributed by atoms with E-state index in [4.69, 9.17) is 13.9 Å². The number of aryl methyl sites for hydroxylation is 1. The molecule has 144 valence electrons. The van der Waals surface area contributed by atoms with E-state index in [9.17, 15) is 4.79 Å². The zero-order valence-electron chi connectivity index (χ0n) is 16.3. The van der Waals surface area contributed by atoms with Crippen molar-refractivity contribution in [1.82, 2.24) is 4.98 Å². The van der Waals surface area contributed by atoms with Crippen LogP contribution in [0.4, 0.5) is 0 Å². The molecule has 0 saturated carbocycles. The van der Waals surface area contributed by atoms with Gasteiger partial charge in [0.05, 0.1) is 6.61 Å². The summed E-state index contributed by atoms with van der Waals surface area (Å²) in [5.41, 5.74) is 3.39. The molecule has 28 heavy (non-hydrogen) atoms. The summed E-state index contributed by atoms with van der Waals surface area (Å²) in [7, 11) is 0. The Labute approximate surface area is 164 Å². The number of allylic oxidation sites excluding steroid dienone is 1. The van der Waals surface area contributed by atoms with Gasteiger partial charge in [0.25, 0.3) is 0 Å². The third-order valence-corrected chi connectivity index (χ3v) is 4.20. The number of oxazole rings is 1. The number of benzene rings is 2. The van der Waals surface area contributed by atoms with Crippen LogP contribution in [-0.2, 0) is 16.1 Å². The highest BCUT2D eigenvalue weighted by Gasteiger charge is 2.12. The van der Waals surface area contributed by atoms with E-state index < -0.39 is 0 Å². The topological polar surface area (TPSA) is 61.6 Å². The molecule has 1 aromatic heterocycles. The summed E-state index contributed by atoms with van der Waals surface area (Å²) in [4.78, 5) is 16.2. The summed E-state index contributed by atoms with van der Waals surface area (Å²) in [6.07, 6.45) is 1.48. The first kappa shape index (κ1) is 19.4. The third-order valence-electron chi connectivity index (χ3n) is 4.20. The number of hydrogen-bond acceptors (Lipinski definition) is 5. The van der Waals surface area contributed by atoms with Crippen LogP contribution < -0.4 is 4.74 Å². The predicted molar refractivity (Wildman–Crippen MR) is 108 cm³/mol. The molecule has 5 heteroatoms. The molecule has 0 unspecified atom stereocenters. The molecule has 0 spiro atoms. The lowest BCUT2D eigenvalue weighted by atomic mass is 10.1. The van der Waals surface area contributed by atoms with Gasteiger partial charge in [0, 0.05) is 11.6 Å². The average molecular weight is 377 g/mol. The monoisotopic (exact) mass is 377 g/mol.